The number of aryl methyl sites for hydroxylation is 1. The molecule has 0 radical (unpaired) electrons. The molecule has 0 aliphatic heterocycles. The van der Waals surface area contributed by atoms with Crippen molar-refractivity contribution < 1.29 is 31.2 Å². The third-order valence-corrected chi connectivity index (χ3v) is 7.39. The second-order valence-corrected chi connectivity index (χ2v) is 10.2. The van der Waals surface area contributed by atoms with Crippen LogP contribution in [0.15, 0.2) is 94.0 Å². The van der Waals surface area contributed by atoms with Gasteiger partial charge >= 0.3 is 5.97 Å². The Balaban J connectivity index is 0.00000280. The van der Waals surface area contributed by atoms with Crippen molar-refractivity contribution in [3.63, 3.8) is 0 Å². The Hall–Kier alpha value is -3.27. The molecule has 2 unspecified atom stereocenters. The standard InChI is InChI=1S/C29H34N5O3S.2ClH/c1-6-37-27(35)26-20-24(19-22(3)29(26,4)32-31-28-30-13-18-38-28)34(23-7-9-25(36-5)10-8-23)17-16-33-14-11-21(2)12-15-33;;/h7-15,18-20,22H,6,16-17H2,1-5H3;2*1H/q+1;;/p-1. The monoisotopic (exact) mass is 603 g/mol. The number of allylic oxidation sites excluding steroid dienone is 1. The summed E-state index contributed by atoms with van der Waals surface area (Å²) in [6.07, 6.45) is 9.88. The molecule has 0 spiro atoms. The van der Waals surface area contributed by atoms with E-state index in [-0.39, 0.29) is 37.3 Å². The number of hydrogen-bond donors (Lipinski definition) is 0. The highest BCUT2D eigenvalue weighted by Gasteiger charge is 2.42. The van der Waals surface area contributed by atoms with Crippen molar-refractivity contribution in [1.29, 1.82) is 0 Å². The minimum atomic E-state index is -0.904. The summed E-state index contributed by atoms with van der Waals surface area (Å²) >= 11 is 1.40. The second-order valence-electron chi connectivity index (χ2n) is 9.28. The molecule has 1 aromatic carbocycles. The fourth-order valence-electron chi connectivity index (χ4n) is 4.27. The largest absolute Gasteiger partial charge is 1.00 e. The number of ether oxygens (including phenoxy) is 2. The maximum absolute atomic E-state index is 13.2. The van der Waals surface area contributed by atoms with Crippen molar-refractivity contribution in [2.24, 2.45) is 16.1 Å². The van der Waals surface area contributed by atoms with Gasteiger partial charge in [-0.05, 0) is 56.7 Å². The van der Waals surface area contributed by atoms with Crippen LogP contribution in [-0.4, -0.2) is 36.8 Å². The van der Waals surface area contributed by atoms with Gasteiger partial charge in [0.25, 0.3) is 0 Å². The molecule has 8 nitrogen and oxygen atoms in total. The summed E-state index contributed by atoms with van der Waals surface area (Å²) < 4.78 is 13.0. The van der Waals surface area contributed by atoms with Crippen molar-refractivity contribution in [3.05, 3.63) is 89.4 Å². The number of azo groups is 1. The Bertz CT molecular complexity index is 1330. The molecule has 0 saturated heterocycles. The topological polar surface area (TPSA) is 80.3 Å². The van der Waals surface area contributed by atoms with Crippen molar-refractivity contribution in [2.45, 2.75) is 39.8 Å². The van der Waals surface area contributed by atoms with Crippen molar-refractivity contribution in [2.75, 3.05) is 25.2 Å². The molecule has 1 aliphatic carbocycles. The van der Waals surface area contributed by atoms with Crippen LogP contribution >= 0.6 is 23.7 Å². The number of carbonyl (C=O) groups is 1. The Morgan fingerprint density at radius 2 is 1.90 bits per heavy atom. The maximum Gasteiger partial charge on any atom is 0.336 e. The Morgan fingerprint density at radius 1 is 1.20 bits per heavy atom. The molecule has 2 atom stereocenters. The molecule has 0 bridgehead atoms. The van der Waals surface area contributed by atoms with Crippen LogP contribution in [0, 0.1) is 12.8 Å². The van der Waals surface area contributed by atoms with Gasteiger partial charge in [-0.15, -0.1) is 28.9 Å². The van der Waals surface area contributed by atoms with E-state index in [1.807, 2.05) is 49.6 Å². The molecule has 1 aliphatic rings. The van der Waals surface area contributed by atoms with Crippen LogP contribution in [0.1, 0.15) is 26.3 Å². The molecule has 2 heterocycles. The number of thiazole rings is 1. The highest BCUT2D eigenvalue weighted by atomic mass is 35.5. The van der Waals surface area contributed by atoms with Crippen LogP contribution in [0.4, 0.5) is 10.8 Å². The maximum atomic E-state index is 13.2. The molecular formula is C29H35Cl2N5O3S. The molecule has 214 valence electrons. The molecule has 0 fully saturated rings. The van der Waals surface area contributed by atoms with Crippen LogP contribution in [0.25, 0.3) is 0 Å². The van der Waals surface area contributed by atoms with E-state index in [0.717, 1.165) is 23.7 Å². The number of halogens is 2. The first-order valence-electron chi connectivity index (χ1n) is 12.6. The average molecular weight is 605 g/mol. The predicted octanol–water partition coefficient (Wildman–Crippen LogP) is 3.25. The first kappa shape index (κ1) is 32.9. The summed E-state index contributed by atoms with van der Waals surface area (Å²) in [5.41, 5.74) is 2.67. The normalized spacial score (nSPS) is 18.2. The van der Waals surface area contributed by atoms with E-state index in [1.54, 1.807) is 20.2 Å². The molecule has 4 rings (SSSR count). The Labute approximate surface area is 252 Å². The number of aromatic nitrogens is 2. The fourth-order valence-corrected chi connectivity index (χ4v) is 4.72. The van der Waals surface area contributed by atoms with Crippen molar-refractivity contribution in [3.8, 4) is 5.75 Å². The van der Waals surface area contributed by atoms with Gasteiger partial charge in [0.2, 0.25) is 5.13 Å². The van der Waals surface area contributed by atoms with E-state index < -0.39 is 11.5 Å². The van der Waals surface area contributed by atoms with Crippen LogP contribution in [0.5, 0.6) is 5.75 Å². The van der Waals surface area contributed by atoms with Crippen molar-refractivity contribution >= 4 is 40.5 Å². The van der Waals surface area contributed by atoms with E-state index in [1.165, 1.54) is 16.9 Å². The summed E-state index contributed by atoms with van der Waals surface area (Å²) in [5.74, 6) is 0.247. The van der Waals surface area contributed by atoms with E-state index in [9.17, 15) is 4.79 Å². The van der Waals surface area contributed by atoms with Gasteiger partial charge in [0, 0.05) is 41.0 Å². The molecule has 3 aromatic rings. The number of benzene rings is 1. The van der Waals surface area contributed by atoms with Gasteiger partial charge in [-0.1, -0.05) is 13.0 Å². The summed E-state index contributed by atoms with van der Waals surface area (Å²) in [6, 6.07) is 12.1. The lowest BCUT2D eigenvalue weighted by molar-refractivity contribution is -0.694. The average Bonchev–Trinajstić information content (AvgIpc) is 3.45. The van der Waals surface area contributed by atoms with Gasteiger partial charge in [-0.3, -0.25) is 0 Å². The van der Waals surface area contributed by atoms with E-state index in [2.05, 4.69) is 62.2 Å². The molecule has 11 heteroatoms. The third-order valence-electron chi connectivity index (χ3n) is 6.74. The summed E-state index contributed by atoms with van der Waals surface area (Å²) in [7, 11) is 1.65. The van der Waals surface area contributed by atoms with E-state index >= 15 is 0 Å². The van der Waals surface area contributed by atoms with Gasteiger partial charge in [0.1, 0.15) is 11.3 Å². The zero-order valence-electron chi connectivity index (χ0n) is 23.3. The molecule has 0 N–H and O–H groups in total. The molecule has 2 aromatic heterocycles. The van der Waals surface area contributed by atoms with Gasteiger partial charge in [0.05, 0.1) is 25.8 Å². The van der Waals surface area contributed by atoms with Crippen molar-refractivity contribution in [1.82, 2.24) is 4.98 Å². The van der Waals surface area contributed by atoms with Gasteiger partial charge in [0.15, 0.2) is 18.9 Å². The SMILES string of the molecule is CCOC(=O)C1=CC(N(CC[n+]2ccc(C)cc2)c2ccc(OC)cc2)=CC(C)C1(C)N=Nc1nccs1.Cl.[Cl-]. The Kier molecular flexibility index (Phi) is 12.3. The molecule has 40 heavy (non-hydrogen) atoms. The third kappa shape index (κ3) is 7.68. The zero-order chi connectivity index (χ0) is 27.1. The summed E-state index contributed by atoms with van der Waals surface area (Å²) in [5, 5.41) is 11.4. The van der Waals surface area contributed by atoms with Crippen LogP contribution < -0.4 is 26.6 Å². The number of methoxy groups -OCH3 is 1. The highest BCUT2D eigenvalue weighted by Crippen LogP contribution is 2.40. The quantitative estimate of drug-likeness (QED) is 0.202. The summed E-state index contributed by atoms with van der Waals surface area (Å²) in [4.78, 5) is 19.7. The number of nitrogens with zero attached hydrogens (tertiary/aromatic N) is 5. The minimum Gasteiger partial charge on any atom is -1.00 e. The van der Waals surface area contributed by atoms with E-state index in [0.29, 0.717) is 17.2 Å². The fraction of sp³-hybridized carbons (Fsp3) is 0.345. The number of carbonyl (C=O) groups excluding carboxylic acids is 1. The van der Waals surface area contributed by atoms with Gasteiger partial charge in [-0.25, -0.2) is 14.3 Å². The van der Waals surface area contributed by atoms with Crippen LogP contribution in [-0.2, 0) is 16.1 Å². The zero-order valence-corrected chi connectivity index (χ0v) is 25.7. The summed E-state index contributed by atoms with van der Waals surface area (Å²) in [6.45, 7) is 9.56. The van der Waals surface area contributed by atoms with Crippen LogP contribution in [0.3, 0.4) is 0 Å². The highest BCUT2D eigenvalue weighted by molar-refractivity contribution is 7.13. The van der Waals surface area contributed by atoms with Gasteiger partial charge < -0.3 is 26.8 Å². The number of pyridine rings is 1. The lowest BCUT2D eigenvalue weighted by atomic mass is 9.76. The first-order chi connectivity index (χ1) is 18.3. The smallest absolute Gasteiger partial charge is 0.336 e. The second kappa shape index (κ2) is 14.9. The predicted molar refractivity (Wildman–Crippen MR) is 156 cm³/mol. The first-order valence-corrected chi connectivity index (χ1v) is 13.5. The molecule has 0 saturated carbocycles. The molecular weight excluding hydrogens is 569 g/mol. The lowest BCUT2D eigenvalue weighted by Gasteiger charge is -2.37. The van der Waals surface area contributed by atoms with Gasteiger partial charge in [-0.2, -0.15) is 5.11 Å². The number of hydrogen-bond acceptors (Lipinski definition) is 8. The molecule has 0 amide bonds. The lowest BCUT2D eigenvalue weighted by Crippen LogP contribution is -3.00. The Morgan fingerprint density at radius 3 is 2.50 bits per heavy atom. The van der Waals surface area contributed by atoms with E-state index in [4.69, 9.17) is 9.47 Å². The number of anilines is 1. The number of rotatable bonds is 10. The van der Waals surface area contributed by atoms with Crippen LogP contribution in [0.2, 0.25) is 0 Å². The minimum absolute atomic E-state index is 0. The number of esters is 1.